The highest BCUT2D eigenvalue weighted by atomic mass is 35.5. The molecule has 19 heavy (non-hydrogen) atoms. The van der Waals surface area contributed by atoms with Gasteiger partial charge in [-0.05, 0) is 36.8 Å². The van der Waals surface area contributed by atoms with Gasteiger partial charge in [0.1, 0.15) is 11.9 Å². The number of nitrogens with zero attached hydrogens (tertiary/aromatic N) is 1. The Morgan fingerprint density at radius 2 is 2.00 bits per heavy atom. The van der Waals surface area contributed by atoms with Gasteiger partial charge in [0, 0.05) is 6.04 Å². The summed E-state index contributed by atoms with van der Waals surface area (Å²) in [6.45, 7) is 1.90. The second-order valence-corrected chi connectivity index (χ2v) is 4.60. The average Bonchev–Trinajstić information content (AvgIpc) is 2.42. The van der Waals surface area contributed by atoms with Crippen LogP contribution in [0.5, 0.6) is 0 Å². The summed E-state index contributed by atoms with van der Waals surface area (Å²) in [6, 6.07) is 13.9. The summed E-state index contributed by atoms with van der Waals surface area (Å²) in [5.41, 5.74) is 2.06. The number of halogens is 2. The molecule has 0 aliphatic heterocycles. The number of nitrogens with one attached hydrogen (secondary N) is 1. The highest BCUT2D eigenvalue weighted by Gasteiger charge is 2.10. The number of benzene rings is 2. The molecule has 2 aromatic rings. The summed E-state index contributed by atoms with van der Waals surface area (Å²) < 4.78 is 13.4. The van der Waals surface area contributed by atoms with Gasteiger partial charge in [-0.3, -0.25) is 0 Å². The third kappa shape index (κ3) is 3.04. The Hall–Kier alpha value is -2.05. The van der Waals surface area contributed by atoms with Crippen LogP contribution in [0.1, 0.15) is 24.1 Å². The van der Waals surface area contributed by atoms with Crippen LogP contribution >= 0.6 is 11.6 Å². The smallest absolute Gasteiger partial charge is 0.142 e. The van der Waals surface area contributed by atoms with Crippen molar-refractivity contribution in [3.8, 4) is 6.07 Å². The minimum Gasteiger partial charge on any atom is -0.377 e. The normalized spacial score (nSPS) is 11.7. The first-order valence-electron chi connectivity index (χ1n) is 5.82. The molecule has 2 rings (SSSR count). The van der Waals surface area contributed by atoms with Crippen molar-refractivity contribution in [3.63, 3.8) is 0 Å². The van der Waals surface area contributed by atoms with E-state index in [1.807, 2.05) is 19.1 Å². The van der Waals surface area contributed by atoms with Crippen molar-refractivity contribution in [1.29, 1.82) is 5.26 Å². The molecule has 0 spiro atoms. The fourth-order valence-corrected chi connectivity index (χ4v) is 1.92. The van der Waals surface area contributed by atoms with Crippen molar-refractivity contribution in [3.05, 3.63) is 64.4 Å². The van der Waals surface area contributed by atoms with Crippen LogP contribution in [0.25, 0.3) is 0 Å². The molecule has 0 saturated carbocycles. The lowest BCUT2D eigenvalue weighted by Crippen LogP contribution is -2.08. The van der Waals surface area contributed by atoms with Crippen molar-refractivity contribution in [2.24, 2.45) is 0 Å². The van der Waals surface area contributed by atoms with Gasteiger partial charge in [0.2, 0.25) is 0 Å². The predicted octanol–water partition coefficient (Wildman–Crippen LogP) is 4.52. The molecule has 0 heterocycles. The average molecular weight is 275 g/mol. The lowest BCUT2D eigenvalue weighted by atomic mass is 10.1. The fraction of sp³-hybridized carbons (Fsp3) is 0.133. The number of rotatable bonds is 3. The molecule has 0 bridgehead atoms. The zero-order valence-electron chi connectivity index (χ0n) is 10.3. The van der Waals surface area contributed by atoms with Gasteiger partial charge in [-0.25, -0.2) is 4.39 Å². The van der Waals surface area contributed by atoms with E-state index in [0.29, 0.717) is 5.56 Å². The Labute approximate surface area is 116 Å². The molecular weight excluding hydrogens is 263 g/mol. The minimum absolute atomic E-state index is 0.105. The molecule has 2 nitrogen and oxygen atoms in total. The van der Waals surface area contributed by atoms with Crippen molar-refractivity contribution in [1.82, 2.24) is 0 Å². The van der Waals surface area contributed by atoms with Gasteiger partial charge < -0.3 is 5.32 Å². The van der Waals surface area contributed by atoms with Gasteiger partial charge in [0.05, 0.1) is 16.3 Å². The summed E-state index contributed by atoms with van der Waals surface area (Å²) in [5, 5.41) is 12.3. The first-order chi connectivity index (χ1) is 9.11. The van der Waals surface area contributed by atoms with E-state index in [1.165, 1.54) is 12.1 Å². The van der Waals surface area contributed by atoms with Gasteiger partial charge in [0.25, 0.3) is 0 Å². The van der Waals surface area contributed by atoms with Crippen molar-refractivity contribution in [2.45, 2.75) is 13.0 Å². The highest BCUT2D eigenvalue weighted by Crippen LogP contribution is 2.24. The van der Waals surface area contributed by atoms with E-state index in [4.69, 9.17) is 16.9 Å². The third-order valence-electron chi connectivity index (χ3n) is 2.86. The molecule has 0 aliphatic carbocycles. The Kier molecular flexibility index (Phi) is 4.03. The van der Waals surface area contributed by atoms with Gasteiger partial charge in [-0.2, -0.15) is 5.26 Å². The second-order valence-electron chi connectivity index (χ2n) is 4.20. The lowest BCUT2D eigenvalue weighted by molar-refractivity contribution is 0.624. The lowest BCUT2D eigenvalue weighted by Gasteiger charge is -2.17. The zero-order chi connectivity index (χ0) is 13.8. The largest absolute Gasteiger partial charge is 0.377 e. The molecule has 96 valence electrons. The van der Waals surface area contributed by atoms with Gasteiger partial charge in [-0.1, -0.05) is 29.8 Å². The van der Waals surface area contributed by atoms with Crippen LogP contribution in [0.3, 0.4) is 0 Å². The van der Waals surface area contributed by atoms with Crippen LogP contribution in [-0.2, 0) is 0 Å². The highest BCUT2D eigenvalue weighted by molar-refractivity contribution is 6.30. The van der Waals surface area contributed by atoms with E-state index < -0.39 is 5.82 Å². The summed E-state index contributed by atoms with van der Waals surface area (Å²) in [5.74, 6) is -0.443. The number of hydrogen-bond donors (Lipinski definition) is 1. The molecule has 0 fully saturated rings. The minimum atomic E-state index is -0.443. The van der Waals surface area contributed by atoms with E-state index in [0.717, 1.165) is 11.3 Å². The van der Waals surface area contributed by atoms with Crippen molar-refractivity contribution < 1.29 is 4.39 Å². The van der Waals surface area contributed by atoms with Gasteiger partial charge >= 0.3 is 0 Å². The Bertz CT molecular complexity index is 634. The number of para-hydroxylation sites is 1. The van der Waals surface area contributed by atoms with E-state index in [9.17, 15) is 4.39 Å². The van der Waals surface area contributed by atoms with E-state index in [1.54, 1.807) is 18.2 Å². The quantitative estimate of drug-likeness (QED) is 0.893. The molecule has 1 atom stereocenters. The van der Waals surface area contributed by atoms with Crippen LogP contribution in [0, 0.1) is 17.1 Å². The van der Waals surface area contributed by atoms with Gasteiger partial charge in [-0.15, -0.1) is 0 Å². The molecule has 0 aliphatic rings. The molecule has 0 saturated heterocycles. The van der Waals surface area contributed by atoms with Crippen LogP contribution < -0.4 is 5.32 Å². The molecule has 2 aromatic carbocycles. The van der Waals surface area contributed by atoms with E-state index >= 15 is 0 Å². The summed E-state index contributed by atoms with van der Waals surface area (Å²) >= 11 is 5.65. The fourth-order valence-electron chi connectivity index (χ4n) is 1.80. The molecule has 0 aromatic heterocycles. The topological polar surface area (TPSA) is 35.8 Å². The number of anilines is 1. The summed E-state index contributed by atoms with van der Waals surface area (Å²) in [6.07, 6.45) is 0. The maximum absolute atomic E-state index is 13.4. The van der Waals surface area contributed by atoms with Crippen LogP contribution in [-0.4, -0.2) is 0 Å². The first-order valence-corrected chi connectivity index (χ1v) is 6.20. The van der Waals surface area contributed by atoms with E-state index in [-0.39, 0.29) is 11.1 Å². The monoisotopic (exact) mass is 274 g/mol. The Morgan fingerprint density at radius 3 is 2.68 bits per heavy atom. The molecule has 0 amide bonds. The molecular formula is C15H12ClFN2. The maximum atomic E-state index is 13.4. The standard InChI is InChI=1S/C15H12ClFN2/c1-10(11-6-7-13(16)14(17)8-11)19-15-5-3-2-4-12(15)9-18/h2-8,10,19H,1H3. The Morgan fingerprint density at radius 1 is 1.26 bits per heavy atom. The van der Waals surface area contributed by atoms with Crippen LogP contribution in [0.15, 0.2) is 42.5 Å². The molecule has 4 heteroatoms. The molecule has 0 radical (unpaired) electrons. The zero-order valence-corrected chi connectivity index (χ0v) is 11.1. The number of nitriles is 1. The first kappa shape index (κ1) is 13.4. The SMILES string of the molecule is CC(Nc1ccccc1C#N)c1ccc(Cl)c(F)c1. The van der Waals surface area contributed by atoms with Gasteiger partial charge in [0.15, 0.2) is 0 Å². The van der Waals surface area contributed by atoms with E-state index in [2.05, 4.69) is 11.4 Å². The van der Waals surface area contributed by atoms with Crippen LogP contribution in [0.2, 0.25) is 5.02 Å². The van der Waals surface area contributed by atoms with Crippen LogP contribution in [0.4, 0.5) is 10.1 Å². The van der Waals surface area contributed by atoms with Crippen molar-refractivity contribution >= 4 is 17.3 Å². The molecule has 1 unspecified atom stereocenters. The summed E-state index contributed by atoms with van der Waals surface area (Å²) in [7, 11) is 0. The summed E-state index contributed by atoms with van der Waals surface area (Å²) in [4.78, 5) is 0. The second kappa shape index (κ2) is 5.73. The van der Waals surface area contributed by atoms with Crippen molar-refractivity contribution in [2.75, 3.05) is 5.32 Å². The third-order valence-corrected chi connectivity index (χ3v) is 3.17. The Balaban J connectivity index is 2.23. The predicted molar refractivity (Wildman–Crippen MR) is 74.6 cm³/mol. The number of hydrogen-bond acceptors (Lipinski definition) is 2. The maximum Gasteiger partial charge on any atom is 0.142 e. The molecule has 1 N–H and O–H groups in total.